The van der Waals surface area contributed by atoms with Gasteiger partial charge in [0, 0.05) is 18.3 Å². The van der Waals surface area contributed by atoms with E-state index < -0.39 is 10.0 Å². The normalized spacial score (nSPS) is 20.4. The lowest BCUT2D eigenvalue weighted by Gasteiger charge is -2.24. The summed E-state index contributed by atoms with van der Waals surface area (Å²) in [7, 11) is -3.55. The molecule has 19 heavy (non-hydrogen) atoms. The summed E-state index contributed by atoms with van der Waals surface area (Å²) < 4.78 is 33.0. The molecule has 1 heterocycles. The Bertz CT molecular complexity index is 563. The van der Waals surface area contributed by atoms with Crippen molar-refractivity contribution < 1.29 is 13.2 Å². The molecule has 1 unspecified atom stereocenters. The van der Waals surface area contributed by atoms with Gasteiger partial charge in [0.25, 0.3) is 0 Å². The summed E-state index contributed by atoms with van der Waals surface area (Å²) in [5.74, 6) is 0. The maximum atomic E-state index is 12.5. The highest BCUT2D eigenvalue weighted by atomic mass is 32.2. The van der Waals surface area contributed by atoms with E-state index in [9.17, 15) is 8.42 Å². The van der Waals surface area contributed by atoms with E-state index in [4.69, 9.17) is 10.5 Å². The zero-order chi connectivity index (χ0) is 14.0. The van der Waals surface area contributed by atoms with Gasteiger partial charge in [0.15, 0.2) is 0 Å². The highest BCUT2D eigenvalue weighted by Crippen LogP contribution is 2.25. The van der Waals surface area contributed by atoms with Crippen molar-refractivity contribution in [3.63, 3.8) is 0 Å². The number of sulfonamides is 1. The fourth-order valence-corrected chi connectivity index (χ4v) is 4.12. The van der Waals surface area contributed by atoms with Crippen LogP contribution in [0.3, 0.4) is 0 Å². The Hall–Kier alpha value is -1.11. The molecule has 1 aromatic rings. The monoisotopic (exact) mass is 284 g/mol. The number of anilines is 1. The van der Waals surface area contributed by atoms with Crippen LogP contribution >= 0.6 is 0 Å². The fourth-order valence-electron chi connectivity index (χ4n) is 2.37. The van der Waals surface area contributed by atoms with Gasteiger partial charge in [0.1, 0.15) is 0 Å². The van der Waals surface area contributed by atoms with Crippen LogP contribution in [-0.4, -0.2) is 27.7 Å². The average molecular weight is 284 g/mol. The van der Waals surface area contributed by atoms with Crippen molar-refractivity contribution in [2.75, 3.05) is 18.9 Å². The highest BCUT2D eigenvalue weighted by molar-refractivity contribution is 7.89. The lowest BCUT2D eigenvalue weighted by molar-refractivity contribution is 0.0774. The molecule has 1 aliphatic heterocycles. The molecule has 3 N–H and O–H groups in total. The minimum atomic E-state index is -3.55. The first-order valence-electron chi connectivity index (χ1n) is 6.37. The summed E-state index contributed by atoms with van der Waals surface area (Å²) in [6.07, 6.45) is 1.68. The number of benzene rings is 1. The van der Waals surface area contributed by atoms with Crippen molar-refractivity contribution in [2.24, 2.45) is 0 Å². The molecule has 0 radical (unpaired) electrons. The van der Waals surface area contributed by atoms with E-state index in [2.05, 4.69) is 4.72 Å². The maximum absolute atomic E-state index is 12.5. The van der Waals surface area contributed by atoms with Crippen LogP contribution in [0.25, 0.3) is 0 Å². The lowest BCUT2D eigenvalue weighted by Crippen LogP contribution is -2.41. The predicted octanol–water partition coefficient (Wildman–Crippen LogP) is 1.34. The van der Waals surface area contributed by atoms with Crippen LogP contribution in [0.5, 0.6) is 0 Å². The third kappa shape index (κ3) is 3.08. The zero-order valence-electron chi connectivity index (χ0n) is 11.3. The van der Waals surface area contributed by atoms with Crippen molar-refractivity contribution in [1.29, 1.82) is 0 Å². The van der Waals surface area contributed by atoms with Crippen LogP contribution in [-0.2, 0) is 14.8 Å². The first-order valence-corrected chi connectivity index (χ1v) is 7.86. The Labute approximate surface area is 114 Å². The second-order valence-electron chi connectivity index (χ2n) is 4.96. The van der Waals surface area contributed by atoms with Gasteiger partial charge in [-0.1, -0.05) is 6.07 Å². The number of hydrogen-bond acceptors (Lipinski definition) is 4. The quantitative estimate of drug-likeness (QED) is 0.821. The summed E-state index contributed by atoms with van der Waals surface area (Å²) in [5, 5.41) is 0. The molecule has 6 heteroatoms. The molecular formula is C13H20N2O3S. The van der Waals surface area contributed by atoms with E-state index in [-0.39, 0.29) is 10.9 Å². The van der Waals surface area contributed by atoms with Gasteiger partial charge in [-0.2, -0.15) is 0 Å². The molecule has 0 spiro atoms. The molecule has 0 aliphatic carbocycles. The van der Waals surface area contributed by atoms with Crippen LogP contribution in [0.1, 0.15) is 24.0 Å². The third-order valence-electron chi connectivity index (χ3n) is 3.40. The maximum Gasteiger partial charge on any atom is 0.241 e. The number of nitrogen functional groups attached to an aromatic ring is 1. The summed E-state index contributed by atoms with van der Waals surface area (Å²) in [6, 6.07) is 3.31. The van der Waals surface area contributed by atoms with Crippen LogP contribution in [0, 0.1) is 13.8 Å². The molecule has 0 amide bonds. The molecule has 1 aromatic carbocycles. The van der Waals surface area contributed by atoms with Crippen molar-refractivity contribution in [3.05, 3.63) is 23.3 Å². The summed E-state index contributed by atoms with van der Waals surface area (Å²) >= 11 is 0. The Balaban J connectivity index is 2.31. The van der Waals surface area contributed by atoms with Gasteiger partial charge in [-0.15, -0.1) is 0 Å². The Morgan fingerprint density at radius 3 is 2.74 bits per heavy atom. The largest absolute Gasteiger partial charge is 0.398 e. The van der Waals surface area contributed by atoms with E-state index in [0.717, 1.165) is 12.8 Å². The molecule has 1 aliphatic rings. The smallest absolute Gasteiger partial charge is 0.241 e. The molecule has 0 bridgehead atoms. The van der Waals surface area contributed by atoms with Crippen molar-refractivity contribution >= 4 is 15.7 Å². The van der Waals surface area contributed by atoms with Crippen LogP contribution in [0.4, 0.5) is 5.69 Å². The van der Waals surface area contributed by atoms with E-state index in [1.165, 1.54) is 0 Å². The second kappa shape index (κ2) is 5.48. The first kappa shape index (κ1) is 14.3. The molecule has 0 aromatic heterocycles. The SMILES string of the molecule is Cc1ccc(N)c(C)c1S(=O)(=O)NC1CCCOC1. The number of hydrogen-bond donors (Lipinski definition) is 2. The van der Waals surface area contributed by atoms with Crippen molar-refractivity contribution in [1.82, 2.24) is 4.72 Å². The summed E-state index contributed by atoms with van der Waals surface area (Å²) in [4.78, 5) is 0.290. The van der Waals surface area contributed by atoms with Gasteiger partial charge in [0.05, 0.1) is 11.5 Å². The second-order valence-corrected chi connectivity index (χ2v) is 6.61. The van der Waals surface area contributed by atoms with Crippen LogP contribution in [0.2, 0.25) is 0 Å². The molecular weight excluding hydrogens is 264 g/mol. The van der Waals surface area contributed by atoms with E-state index in [0.29, 0.717) is 30.0 Å². The standard InChI is InChI=1S/C13H20N2O3S/c1-9-5-6-12(14)10(2)13(9)19(16,17)15-11-4-3-7-18-8-11/h5-6,11,15H,3-4,7-8,14H2,1-2H3. The van der Waals surface area contributed by atoms with Crippen LogP contribution < -0.4 is 10.5 Å². The topological polar surface area (TPSA) is 81.4 Å². The van der Waals surface area contributed by atoms with Crippen LogP contribution in [0.15, 0.2) is 17.0 Å². The molecule has 1 saturated heterocycles. The average Bonchev–Trinajstić information content (AvgIpc) is 2.35. The Kier molecular flexibility index (Phi) is 4.13. The van der Waals surface area contributed by atoms with Gasteiger partial charge in [0.2, 0.25) is 10.0 Å². The van der Waals surface area contributed by atoms with E-state index in [1.54, 1.807) is 26.0 Å². The number of rotatable bonds is 3. The minimum Gasteiger partial charge on any atom is -0.398 e. The highest BCUT2D eigenvalue weighted by Gasteiger charge is 2.25. The van der Waals surface area contributed by atoms with Crippen molar-refractivity contribution in [2.45, 2.75) is 37.6 Å². The van der Waals surface area contributed by atoms with E-state index in [1.807, 2.05) is 0 Å². The lowest BCUT2D eigenvalue weighted by atomic mass is 10.1. The van der Waals surface area contributed by atoms with E-state index >= 15 is 0 Å². The fraction of sp³-hybridized carbons (Fsp3) is 0.538. The number of ether oxygens (including phenoxy) is 1. The molecule has 0 saturated carbocycles. The molecule has 2 rings (SSSR count). The Morgan fingerprint density at radius 1 is 1.37 bits per heavy atom. The molecule has 5 nitrogen and oxygen atoms in total. The molecule has 1 fully saturated rings. The van der Waals surface area contributed by atoms with Gasteiger partial charge in [-0.3, -0.25) is 0 Å². The first-order chi connectivity index (χ1) is 8.92. The number of aryl methyl sites for hydroxylation is 1. The zero-order valence-corrected chi connectivity index (χ0v) is 12.1. The third-order valence-corrected chi connectivity index (χ3v) is 5.20. The van der Waals surface area contributed by atoms with Gasteiger partial charge < -0.3 is 10.5 Å². The predicted molar refractivity (Wildman–Crippen MR) is 74.5 cm³/mol. The van der Waals surface area contributed by atoms with Crippen molar-refractivity contribution in [3.8, 4) is 0 Å². The molecule has 1 atom stereocenters. The molecule has 106 valence electrons. The summed E-state index contributed by atoms with van der Waals surface area (Å²) in [6.45, 7) is 4.64. The number of nitrogens with one attached hydrogen (secondary N) is 1. The Morgan fingerprint density at radius 2 is 2.11 bits per heavy atom. The van der Waals surface area contributed by atoms with Gasteiger partial charge in [-0.25, -0.2) is 13.1 Å². The minimum absolute atomic E-state index is 0.154. The number of nitrogens with two attached hydrogens (primary N) is 1. The summed E-state index contributed by atoms with van der Waals surface area (Å²) in [5.41, 5.74) is 7.60. The van der Waals surface area contributed by atoms with Gasteiger partial charge in [-0.05, 0) is 43.9 Å². The van der Waals surface area contributed by atoms with Gasteiger partial charge >= 0.3 is 0 Å².